The van der Waals surface area contributed by atoms with Crippen LogP contribution in [0.3, 0.4) is 0 Å². The highest BCUT2D eigenvalue weighted by molar-refractivity contribution is 5.75. The van der Waals surface area contributed by atoms with Crippen LogP contribution in [-0.2, 0) is 9.53 Å². The molecule has 0 aromatic heterocycles. The van der Waals surface area contributed by atoms with Gasteiger partial charge in [-0.15, -0.1) is 0 Å². The van der Waals surface area contributed by atoms with Gasteiger partial charge in [-0.1, -0.05) is 26.0 Å². The highest BCUT2D eigenvalue weighted by Gasteiger charge is 2.27. The van der Waals surface area contributed by atoms with Crippen LogP contribution in [0.4, 0.5) is 0 Å². The molecule has 0 aliphatic heterocycles. The fourth-order valence-corrected chi connectivity index (χ4v) is 1.19. The second kappa shape index (κ2) is 7.43. The van der Waals surface area contributed by atoms with Crippen molar-refractivity contribution < 1.29 is 19.7 Å². The Morgan fingerprint density at radius 2 is 2.07 bits per heavy atom. The summed E-state index contributed by atoms with van der Waals surface area (Å²) in [5, 5.41) is 18.4. The van der Waals surface area contributed by atoms with Crippen molar-refractivity contribution in [2.45, 2.75) is 26.9 Å². The number of aliphatic hydroxyl groups is 2. The summed E-state index contributed by atoms with van der Waals surface area (Å²) in [5.41, 5.74) is 0. The molecule has 0 aromatic rings. The fraction of sp³-hybridized carbons (Fsp3) is 0.727. The van der Waals surface area contributed by atoms with Crippen LogP contribution in [0, 0.1) is 11.8 Å². The number of hydrogen-bond donors (Lipinski definition) is 2. The Hall–Kier alpha value is -0.870. The van der Waals surface area contributed by atoms with Gasteiger partial charge < -0.3 is 14.9 Å². The van der Waals surface area contributed by atoms with Crippen molar-refractivity contribution in [1.29, 1.82) is 0 Å². The molecule has 4 heteroatoms. The number of rotatable bonds is 6. The summed E-state index contributed by atoms with van der Waals surface area (Å²) >= 11 is 0. The average molecular weight is 216 g/mol. The molecule has 0 bridgehead atoms. The third-order valence-electron chi connectivity index (χ3n) is 2.06. The van der Waals surface area contributed by atoms with Gasteiger partial charge >= 0.3 is 5.97 Å². The summed E-state index contributed by atoms with van der Waals surface area (Å²) in [6.45, 7) is 5.49. The van der Waals surface area contributed by atoms with Crippen molar-refractivity contribution in [2.24, 2.45) is 11.8 Å². The highest BCUT2D eigenvalue weighted by Crippen LogP contribution is 2.16. The standard InChI is InChI=1S/C11H20O4/c1-4-15-11(14)9(6-5-7-12)10(13)8(2)3/h5-6,8-10,12-13H,4,7H2,1-3H3/b6-5+/t9-,10-/m1/s1. The molecule has 0 radical (unpaired) electrons. The van der Waals surface area contributed by atoms with E-state index >= 15 is 0 Å². The molecule has 0 saturated carbocycles. The zero-order valence-corrected chi connectivity index (χ0v) is 9.51. The van der Waals surface area contributed by atoms with Gasteiger partial charge in [0.05, 0.1) is 19.3 Å². The van der Waals surface area contributed by atoms with E-state index in [4.69, 9.17) is 9.84 Å². The lowest BCUT2D eigenvalue weighted by Gasteiger charge is -2.21. The third kappa shape index (κ3) is 4.95. The Labute approximate surface area is 90.6 Å². The Balaban J connectivity index is 4.56. The van der Waals surface area contributed by atoms with E-state index in [9.17, 15) is 9.90 Å². The molecule has 15 heavy (non-hydrogen) atoms. The minimum absolute atomic E-state index is 0.0391. The topological polar surface area (TPSA) is 66.8 Å². The van der Waals surface area contributed by atoms with E-state index in [2.05, 4.69) is 0 Å². The molecule has 0 aromatic carbocycles. The van der Waals surface area contributed by atoms with Crippen LogP contribution in [0.25, 0.3) is 0 Å². The Morgan fingerprint density at radius 3 is 2.47 bits per heavy atom. The summed E-state index contributed by atoms with van der Waals surface area (Å²) in [5.74, 6) is -1.19. The van der Waals surface area contributed by atoms with Gasteiger partial charge in [0.1, 0.15) is 5.92 Å². The predicted molar refractivity (Wildman–Crippen MR) is 57.2 cm³/mol. The van der Waals surface area contributed by atoms with Crippen molar-refractivity contribution in [2.75, 3.05) is 13.2 Å². The fourth-order valence-electron chi connectivity index (χ4n) is 1.19. The van der Waals surface area contributed by atoms with Crippen molar-refractivity contribution in [1.82, 2.24) is 0 Å². The summed E-state index contributed by atoms with van der Waals surface area (Å²) in [7, 11) is 0. The summed E-state index contributed by atoms with van der Waals surface area (Å²) < 4.78 is 4.84. The van der Waals surface area contributed by atoms with Crippen molar-refractivity contribution in [3.63, 3.8) is 0 Å². The van der Waals surface area contributed by atoms with E-state index in [0.29, 0.717) is 0 Å². The van der Waals surface area contributed by atoms with Crippen LogP contribution < -0.4 is 0 Å². The lowest BCUT2D eigenvalue weighted by atomic mass is 9.93. The maximum absolute atomic E-state index is 11.5. The molecule has 0 amide bonds. The van der Waals surface area contributed by atoms with E-state index in [1.807, 2.05) is 13.8 Å². The van der Waals surface area contributed by atoms with Gasteiger partial charge in [0.2, 0.25) is 0 Å². The average Bonchev–Trinajstić information content (AvgIpc) is 2.18. The van der Waals surface area contributed by atoms with Crippen LogP contribution in [0.15, 0.2) is 12.2 Å². The molecule has 0 saturated heterocycles. The van der Waals surface area contributed by atoms with Crippen molar-refractivity contribution >= 4 is 5.97 Å². The molecule has 2 N–H and O–H groups in total. The number of ether oxygens (including phenoxy) is 1. The third-order valence-corrected chi connectivity index (χ3v) is 2.06. The van der Waals surface area contributed by atoms with Gasteiger partial charge in [-0.2, -0.15) is 0 Å². The molecule has 0 aliphatic carbocycles. The van der Waals surface area contributed by atoms with E-state index < -0.39 is 18.0 Å². The van der Waals surface area contributed by atoms with Gasteiger partial charge in [-0.3, -0.25) is 4.79 Å². The molecular formula is C11H20O4. The number of carbonyl (C=O) groups excluding carboxylic acids is 1. The summed E-state index contributed by atoms with van der Waals surface area (Å²) in [6, 6.07) is 0. The van der Waals surface area contributed by atoms with Crippen molar-refractivity contribution in [3.8, 4) is 0 Å². The van der Waals surface area contributed by atoms with Crippen LogP contribution in [0.2, 0.25) is 0 Å². The maximum Gasteiger partial charge on any atom is 0.315 e. The van der Waals surface area contributed by atoms with Crippen molar-refractivity contribution in [3.05, 3.63) is 12.2 Å². The Bertz CT molecular complexity index is 211. The summed E-state index contributed by atoms with van der Waals surface area (Å²) in [4.78, 5) is 11.5. The van der Waals surface area contributed by atoms with Gasteiger partial charge in [0, 0.05) is 0 Å². The smallest absolute Gasteiger partial charge is 0.315 e. The van der Waals surface area contributed by atoms with Crippen LogP contribution in [0.5, 0.6) is 0 Å². The molecule has 4 nitrogen and oxygen atoms in total. The van der Waals surface area contributed by atoms with Crippen LogP contribution in [-0.4, -0.2) is 35.5 Å². The van der Waals surface area contributed by atoms with Crippen LogP contribution >= 0.6 is 0 Å². The van der Waals surface area contributed by atoms with Gasteiger partial charge in [0.15, 0.2) is 0 Å². The van der Waals surface area contributed by atoms with E-state index in [-0.39, 0.29) is 19.1 Å². The lowest BCUT2D eigenvalue weighted by Crippen LogP contribution is -2.32. The zero-order valence-electron chi connectivity index (χ0n) is 9.51. The van der Waals surface area contributed by atoms with Gasteiger partial charge in [-0.05, 0) is 12.8 Å². The molecule has 0 heterocycles. The Morgan fingerprint density at radius 1 is 1.47 bits per heavy atom. The zero-order chi connectivity index (χ0) is 11.8. The number of esters is 1. The number of aliphatic hydroxyl groups excluding tert-OH is 2. The van der Waals surface area contributed by atoms with Gasteiger partial charge in [-0.25, -0.2) is 0 Å². The normalized spacial score (nSPS) is 15.6. The molecule has 0 aliphatic rings. The maximum atomic E-state index is 11.5. The van der Waals surface area contributed by atoms with E-state index in [1.165, 1.54) is 12.2 Å². The molecule has 0 unspecified atom stereocenters. The minimum Gasteiger partial charge on any atom is -0.465 e. The first kappa shape index (κ1) is 14.1. The molecular weight excluding hydrogens is 196 g/mol. The van der Waals surface area contributed by atoms with Crippen LogP contribution in [0.1, 0.15) is 20.8 Å². The second-order valence-electron chi connectivity index (χ2n) is 3.62. The molecule has 0 rings (SSSR count). The number of hydrogen-bond acceptors (Lipinski definition) is 4. The highest BCUT2D eigenvalue weighted by atomic mass is 16.5. The first-order chi connectivity index (χ1) is 7.04. The van der Waals surface area contributed by atoms with E-state index in [1.54, 1.807) is 6.92 Å². The molecule has 88 valence electrons. The lowest BCUT2D eigenvalue weighted by molar-refractivity contribution is -0.150. The molecule has 2 atom stereocenters. The predicted octanol–water partition coefficient (Wildman–Crippen LogP) is 0.731. The second-order valence-corrected chi connectivity index (χ2v) is 3.62. The minimum atomic E-state index is -0.785. The SMILES string of the molecule is CCOC(=O)[C@H](/C=C/CO)[C@H](O)C(C)C. The monoisotopic (exact) mass is 216 g/mol. The first-order valence-corrected chi connectivity index (χ1v) is 5.16. The Kier molecular flexibility index (Phi) is 6.99. The summed E-state index contributed by atoms with van der Waals surface area (Å²) in [6.07, 6.45) is 2.14. The van der Waals surface area contributed by atoms with E-state index in [0.717, 1.165) is 0 Å². The number of carbonyl (C=O) groups is 1. The molecule has 0 fully saturated rings. The largest absolute Gasteiger partial charge is 0.465 e. The first-order valence-electron chi connectivity index (χ1n) is 5.16. The van der Waals surface area contributed by atoms with Gasteiger partial charge in [0.25, 0.3) is 0 Å². The molecule has 0 spiro atoms. The quantitative estimate of drug-likeness (QED) is 0.507.